The minimum absolute atomic E-state index is 0.146. The number of rotatable bonds is 6. The highest BCUT2D eigenvalue weighted by Gasteiger charge is 2.19. The molecule has 0 saturated heterocycles. The number of fused-ring (bicyclic) bond motifs is 6. The molecule has 0 aliphatic rings. The molecular formula is C53H36N2S. The predicted molar refractivity (Wildman–Crippen MR) is 240 cm³/mol. The van der Waals surface area contributed by atoms with Crippen LogP contribution in [0.2, 0.25) is 0 Å². The van der Waals surface area contributed by atoms with Crippen molar-refractivity contribution in [3.05, 3.63) is 194 Å². The maximum atomic E-state index is 8.59. The van der Waals surface area contributed by atoms with Crippen molar-refractivity contribution < 1.29 is 6.85 Å². The summed E-state index contributed by atoms with van der Waals surface area (Å²) < 4.78 is 45.3. The third kappa shape index (κ3) is 5.27. The molecule has 264 valence electrons. The first-order valence-electron chi connectivity index (χ1n) is 21.3. The summed E-state index contributed by atoms with van der Waals surface area (Å²) in [5, 5.41) is 7.32. The van der Waals surface area contributed by atoms with Gasteiger partial charge in [0, 0.05) is 39.1 Å². The first-order valence-corrected chi connectivity index (χ1v) is 19.6. The Morgan fingerprint density at radius 3 is 1.80 bits per heavy atom. The number of aromatic nitrogens is 2. The Morgan fingerprint density at radius 2 is 1.02 bits per heavy atom. The maximum Gasteiger partial charge on any atom is 0.114 e. The van der Waals surface area contributed by atoms with Crippen LogP contribution in [0.25, 0.3) is 103 Å². The zero-order valence-electron chi connectivity index (χ0n) is 35.2. The van der Waals surface area contributed by atoms with Crippen LogP contribution in [-0.4, -0.2) is 9.55 Å². The van der Waals surface area contributed by atoms with Crippen LogP contribution in [0, 0.1) is 0 Å². The molecule has 3 heteroatoms. The van der Waals surface area contributed by atoms with Gasteiger partial charge in [0.1, 0.15) is 5.82 Å². The van der Waals surface area contributed by atoms with Crippen molar-refractivity contribution in [3.63, 3.8) is 0 Å². The molecule has 0 aliphatic carbocycles. The van der Waals surface area contributed by atoms with Crippen molar-refractivity contribution in [2.75, 3.05) is 0 Å². The number of para-hydroxylation sites is 2. The average Bonchev–Trinajstić information content (AvgIpc) is 3.87. The maximum absolute atomic E-state index is 8.59. The molecule has 0 radical (unpaired) electrons. The van der Waals surface area contributed by atoms with Gasteiger partial charge in [0.05, 0.1) is 11.0 Å². The molecule has 0 amide bonds. The van der Waals surface area contributed by atoms with Gasteiger partial charge in [0.2, 0.25) is 0 Å². The lowest BCUT2D eigenvalue weighted by molar-refractivity contribution is 0.908. The van der Waals surface area contributed by atoms with E-state index in [1.165, 1.54) is 69.5 Å². The van der Waals surface area contributed by atoms with Gasteiger partial charge in [-0.1, -0.05) is 146 Å². The standard InChI is InChI=1S/C53H36N2S/c1-2-51-54-47-17-9-10-18-48(47)55(51)40-28-24-36(25-29-40)35-20-22-37(23-21-35)52-42-15-6-7-16-43(42)53(46-32-38(26-30-44(46)52)34-12-4-3-5-13-34)39-27-31-50-45(33-39)41-14-8-11-19-49(41)56-50/h3-33H,2H2,1H3/i1D3,2D2. The Morgan fingerprint density at radius 1 is 0.464 bits per heavy atom. The molecule has 11 aromatic rings. The lowest BCUT2D eigenvalue weighted by Gasteiger charge is -2.19. The largest absolute Gasteiger partial charge is 0.296 e. The molecule has 0 saturated carbocycles. The lowest BCUT2D eigenvalue weighted by Crippen LogP contribution is -1.99. The highest BCUT2D eigenvalue weighted by Crippen LogP contribution is 2.46. The quantitative estimate of drug-likeness (QED) is 0.155. The SMILES string of the molecule is [2H]C([2H])([2H])C([2H])([2H])c1nc2ccccc2n1-c1ccc(-c2ccc(-c3c4ccccc4c(-c4ccc5sc6ccccc6c5c4)c4cc(-c5ccccc5)ccc34)cc2)cc1. The van der Waals surface area contributed by atoms with Gasteiger partial charge in [-0.3, -0.25) is 4.57 Å². The van der Waals surface area contributed by atoms with E-state index in [0.29, 0.717) is 16.7 Å². The third-order valence-corrected chi connectivity index (χ3v) is 12.3. The second-order valence-corrected chi connectivity index (χ2v) is 15.3. The van der Waals surface area contributed by atoms with Gasteiger partial charge in [-0.05, 0) is 115 Å². The number of thiophene rings is 1. The van der Waals surface area contributed by atoms with Crippen LogP contribution in [-0.2, 0) is 6.37 Å². The minimum atomic E-state index is -2.90. The second-order valence-electron chi connectivity index (χ2n) is 14.2. The topological polar surface area (TPSA) is 17.8 Å². The minimum Gasteiger partial charge on any atom is -0.296 e. The molecule has 0 N–H and O–H groups in total. The lowest BCUT2D eigenvalue weighted by atomic mass is 9.84. The molecule has 11 rings (SSSR count). The Kier molecular flexibility index (Phi) is 6.53. The smallest absolute Gasteiger partial charge is 0.114 e. The zero-order chi connectivity index (χ0) is 41.5. The number of hydrogen-bond acceptors (Lipinski definition) is 2. The summed E-state index contributed by atoms with van der Waals surface area (Å²) >= 11 is 1.84. The molecule has 0 fully saturated rings. The number of nitrogens with zero attached hydrogens (tertiary/aromatic N) is 2. The van der Waals surface area contributed by atoms with Gasteiger partial charge < -0.3 is 0 Å². The van der Waals surface area contributed by atoms with Gasteiger partial charge in [0.25, 0.3) is 0 Å². The van der Waals surface area contributed by atoms with Crippen LogP contribution >= 0.6 is 11.3 Å². The fraction of sp³-hybridized carbons (Fsp3) is 0.0377. The van der Waals surface area contributed by atoms with E-state index in [2.05, 4.69) is 145 Å². The Balaban J connectivity index is 1.04. The third-order valence-electron chi connectivity index (χ3n) is 11.1. The molecule has 56 heavy (non-hydrogen) atoms. The summed E-state index contributed by atoms with van der Waals surface area (Å²) in [7, 11) is 0. The number of imidazole rings is 1. The highest BCUT2D eigenvalue weighted by atomic mass is 32.1. The molecule has 0 aliphatic heterocycles. The second kappa shape index (κ2) is 13.2. The van der Waals surface area contributed by atoms with Gasteiger partial charge >= 0.3 is 0 Å². The van der Waals surface area contributed by atoms with Crippen molar-refractivity contribution in [3.8, 4) is 50.2 Å². The van der Waals surface area contributed by atoms with Gasteiger partial charge in [-0.2, -0.15) is 0 Å². The molecule has 2 heterocycles. The van der Waals surface area contributed by atoms with Gasteiger partial charge in [0.15, 0.2) is 0 Å². The predicted octanol–water partition coefficient (Wildman–Crippen LogP) is 14.9. The summed E-state index contributed by atoms with van der Waals surface area (Å²) in [6.45, 7) is -2.90. The summed E-state index contributed by atoms with van der Waals surface area (Å²) in [5.41, 5.74) is 10.9. The normalized spacial score (nSPS) is 13.5. The van der Waals surface area contributed by atoms with Crippen LogP contribution in [0.4, 0.5) is 0 Å². The van der Waals surface area contributed by atoms with E-state index in [1.807, 2.05) is 53.8 Å². The number of hydrogen-bond donors (Lipinski definition) is 0. The molecule has 0 spiro atoms. The molecule has 0 unspecified atom stereocenters. The van der Waals surface area contributed by atoms with Gasteiger partial charge in [-0.15, -0.1) is 11.3 Å². The van der Waals surface area contributed by atoms with E-state index in [9.17, 15) is 0 Å². The van der Waals surface area contributed by atoms with Crippen LogP contribution < -0.4 is 0 Å². The fourth-order valence-corrected chi connectivity index (χ4v) is 9.58. The molecule has 0 atom stereocenters. The fourth-order valence-electron chi connectivity index (χ4n) is 8.50. The Hall–Kier alpha value is -6.81. The average molecular weight is 738 g/mol. The first-order chi connectivity index (χ1) is 29.6. The van der Waals surface area contributed by atoms with Crippen LogP contribution in [0.15, 0.2) is 188 Å². The molecule has 2 nitrogen and oxygen atoms in total. The monoisotopic (exact) mass is 737 g/mol. The summed E-state index contributed by atoms with van der Waals surface area (Å²) in [4.78, 5) is 4.48. The van der Waals surface area contributed by atoms with E-state index in [4.69, 9.17) is 6.85 Å². The molecule has 0 bridgehead atoms. The van der Waals surface area contributed by atoms with E-state index in [1.54, 1.807) is 10.6 Å². The summed E-state index contributed by atoms with van der Waals surface area (Å²) in [6, 6.07) is 65.6. The van der Waals surface area contributed by atoms with Gasteiger partial charge in [-0.25, -0.2) is 4.98 Å². The number of aryl methyl sites for hydroxylation is 1. The van der Waals surface area contributed by atoms with E-state index < -0.39 is 13.2 Å². The van der Waals surface area contributed by atoms with Crippen LogP contribution in [0.5, 0.6) is 0 Å². The van der Waals surface area contributed by atoms with Crippen molar-refractivity contribution in [2.45, 2.75) is 13.2 Å². The molecular weight excluding hydrogens is 697 g/mol. The zero-order valence-corrected chi connectivity index (χ0v) is 31.0. The van der Waals surface area contributed by atoms with Crippen molar-refractivity contribution in [1.29, 1.82) is 0 Å². The number of benzene rings is 9. The van der Waals surface area contributed by atoms with Crippen LogP contribution in [0.1, 0.15) is 19.5 Å². The molecule has 2 aromatic heterocycles. The summed E-state index contributed by atoms with van der Waals surface area (Å²) in [6.07, 6.45) is -2.66. The van der Waals surface area contributed by atoms with E-state index >= 15 is 0 Å². The molecule has 9 aromatic carbocycles. The van der Waals surface area contributed by atoms with Crippen molar-refractivity contribution in [1.82, 2.24) is 9.55 Å². The Bertz CT molecular complexity index is 3480. The van der Waals surface area contributed by atoms with Crippen LogP contribution in [0.3, 0.4) is 0 Å². The summed E-state index contributed by atoms with van der Waals surface area (Å²) in [5.74, 6) is -0.146. The highest BCUT2D eigenvalue weighted by molar-refractivity contribution is 7.25. The van der Waals surface area contributed by atoms with Crippen molar-refractivity contribution >= 4 is 64.1 Å². The van der Waals surface area contributed by atoms with E-state index in [0.717, 1.165) is 16.7 Å². The Labute approximate surface area is 336 Å². The van der Waals surface area contributed by atoms with Crippen molar-refractivity contribution in [2.24, 2.45) is 0 Å². The first kappa shape index (κ1) is 27.7. The van der Waals surface area contributed by atoms with E-state index in [-0.39, 0.29) is 5.82 Å².